The van der Waals surface area contributed by atoms with E-state index in [0.717, 1.165) is 41.5 Å². The second-order valence-electron chi connectivity index (χ2n) is 6.59. The molecule has 0 radical (unpaired) electrons. The number of allylic oxidation sites excluding steroid dienone is 1. The number of unbranched alkanes of at least 4 members (excludes halogenated alkanes) is 8. The second-order valence-corrected chi connectivity index (χ2v) is 6.59. The number of methoxy groups -OCH3 is 1. The molecule has 1 N–H and O–H groups in total. The van der Waals surface area contributed by atoms with Crippen LogP contribution in [0.4, 0.5) is 0 Å². The fourth-order valence-electron chi connectivity index (χ4n) is 3.17. The molecule has 0 amide bonds. The highest BCUT2D eigenvalue weighted by molar-refractivity contribution is 5.84. The third-order valence-corrected chi connectivity index (χ3v) is 4.62. The Hall–Kier alpha value is -2.03. The Kier molecular flexibility index (Phi) is 8.89. The monoisotopic (exact) mass is 341 g/mol. The molecule has 3 nitrogen and oxygen atoms in total. The van der Waals surface area contributed by atoms with E-state index in [1.807, 2.05) is 18.2 Å². The van der Waals surface area contributed by atoms with Crippen molar-refractivity contribution < 1.29 is 9.84 Å². The number of fused-ring (bicyclic) bond motifs is 1. The van der Waals surface area contributed by atoms with Gasteiger partial charge in [-0.3, -0.25) is 0 Å². The zero-order chi connectivity index (χ0) is 17.7. The van der Waals surface area contributed by atoms with Crippen molar-refractivity contribution in [1.82, 2.24) is 4.98 Å². The van der Waals surface area contributed by atoms with Gasteiger partial charge in [0, 0.05) is 11.1 Å². The number of aliphatic hydroxyl groups excluding tert-OH is 1. The molecule has 0 aliphatic heterocycles. The maximum absolute atomic E-state index is 8.56. The predicted molar refractivity (Wildman–Crippen MR) is 105 cm³/mol. The number of pyridine rings is 1. The molecule has 1 heterocycles. The van der Waals surface area contributed by atoms with E-state index >= 15 is 0 Å². The Labute approximate surface area is 151 Å². The summed E-state index contributed by atoms with van der Waals surface area (Å²) in [5.74, 6) is 0.855. The minimum atomic E-state index is 0.855. The smallest absolute Gasteiger partial charge is 0.145 e. The van der Waals surface area contributed by atoms with Crippen LogP contribution in [0.1, 0.15) is 63.5 Å². The number of aliphatic hydroxyl groups is 1. The van der Waals surface area contributed by atoms with Gasteiger partial charge >= 0.3 is 0 Å². The molecule has 0 saturated heterocycles. The van der Waals surface area contributed by atoms with Crippen molar-refractivity contribution in [3.63, 3.8) is 0 Å². The molecule has 0 atom stereocenters. The second kappa shape index (κ2) is 11.5. The van der Waals surface area contributed by atoms with Gasteiger partial charge < -0.3 is 9.84 Å². The molecule has 1 aromatic carbocycles. The highest BCUT2D eigenvalue weighted by Gasteiger charge is 2.04. The number of benzene rings is 1. The Morgan fingerprint density at radius 1 is 0.920 bits per heavy atom. The van der Waals surface area contributed by atoms with Crippen LogP contribution in [-0.4, -0.2) is 17.2 Å². The number of hydrogen-bond acceptors (Lipinski definition) is 3. The molecule has 3 heteroatoms. The van der Waals surface area contributed by atoms with Crippen LogP contribution in [-0.2, 0) is 6.42 Å². The standard InChI is InChI=1S/C22H31NO2/c1-25-21-15-12-13-19-16-17-20(23-22(19)21)14-10-8-6-4-2-3-5-7-9-11-18-24/h11-13,15-18,24H,2-10,14H2,1H3. The van der Waals surface area contributed by atoms with Crippen molar-refractivity contribution in [3.8, 4) is 5.75 Å². The highest BCUT2D eigenvalue weighted by Crippen LogP contribution is 2.24. The fraction of sp³-hybridized carbons (Fsp3) is 0.500. The van der Waals surface area contributed by atoms with Crippen molar-refractivity contribution in [3.05, 3.63) is 48.4 Å². The summed E-state index contributed by atoms with van der Waals surface area (Å²) < 4.78 is 5.42. The molecule has 0 fully saturated rings. The topological polar surface area (TPSA) is 42.4 Å². The van der Waals surface area contributed by atoms with Crippen LogP contribution in [0.3, 0.4) is 0 Å². The third-order valence-electron chi connectivity index (χ3n) is 4.62. The van der Waals surface area contributed by atoms with E-state index < -0.39 is 0 Å². The van der Waals surface area contributed by atoms with Gasteiger partial charge in [-0.2, -0.15) is 0 Å². The number of rotatable bonds is 12. The summed E-state index contributed by atoms with van der Waals surface area (Å²) in [4.78, 5) is 4.78. The van der Waals surface area contributed by atoms with Gasteiger partial charge in [-0.05, 0) is 37.8 Å². The summed E-state index contributed by atoms with van der Waals surface area (Å²) in [5, 5.41) is 9.70. The maximum atomic E-state index is 8.56. The Morgan fingerprint density at radius 2 is 1.64 bits per heavy atom. The summed E-state index contributed by atoms with van der Waals surface area (Å²) in [6.07, 6.45) is 15.2. The first-order chi connectivity index (χ1) is 12.3. The number of aromatic nitrogens is 1. The van der Waals surface area contributed by atoms with Crippen LogP contribution in [0.5, 0.6) is 5.75 Å². The first-order valence-corrected chi connectivity index (χ1v) is 9.57. The van der Waals surface area contributed by atoms with E-state index in [1.54, 1.807) is 7.11 Å². The molecular formula is C22H31NO2. The number of para-hydroxylation sites is 1. The first-order valence-electron chi connectivity index (χ1n) is 9.57. The number of aryl methyl sites for hydroxylation is 1. The summed E-state index contributed by atoms with van der Waals surface area (Å²) in [7, 11) is 1.70. The lowest BCUT2D eigenvalue weighted by Crippen LogP contribution is -1.94. The lowest BCUT2D eigenvalue weighted by atomic mass is 10.1. The zero-order valence-electron chi connectivity index (χ0n) is 15.4. The van der Waals surface area contributed by atoms with E-state index in [0.29, 0.717) is 0 Å². The van der Waals surface area contributed by atoms with Crippen molar-refractivity contribution >= 4 is 10.9 Å². The molecule has 1 aromatic heterocycles. The molecule has 0 aliphatic carbocycles. The van der Waals surface area contributed by atoms with Gasteiger partial charge in [0.25, 0.3) is 0 Å². The molecule has 2 aromatic rings. The summed E-state index contributed by atoms with van der Waals surface area (Å²) in [6.45, 7) is 0. The van der Waals surface area contributed by atoms with Crippen molar-refractivity contribution in [2.24, 2.45) is 0 Å². The summed E-state index contributed by atoms with van der Waals surface area (Å²) in [6, 6.07) is 10.3. The van der Waals surface area contributed by atoms with Crippen LogP contribution >= 0.6 is 0 Å². The predicted octanol–water partition coefficient (Wildman–Crippen LogP) is 6.37. The van der Waals surface area contributed by atoms with E-state index in [9.17, 15) is 0 Å². The normalized spacial score (nSPS) is 11.4. The molecule has 0 aliphatic rings. The Balaban J connectivity index is 1.61. The van der Waals surface area contributed by atoms with Gasteiger partial charge in [0.15, 0.2) is 0 Å². The Bertz CT molecular complexity index is 652. The van der Waals surface area contributed by atoms with E-state index in [-0.39, 0.29) is 0 Å². The molecule has 0 saturated carbocycles. The highest BCUT2D eigenvalue weighted by atomic mass is 16.5. The average Bonchev–Trinajstić information content (AvgIpc) is 2.65. The van der Waals surface area contributed by atoms with Crippen molar-refractivity contribution in [2.75, 3.05) is 7.11 Å². The SMILES string of the molecule is COc1cccc2ccc(CCCCCCCCCCC=CO)nc12. The summed E-state index contributed by atoms with van der Waals surface area (Å²) >= 11 is 0. The van der Waals surface area contributed by atoms with Crippen LogP contribution in [0, 0.1) is 0 Å². The minimum Gasteiger partial charge on any atom is -0.516 e. The lowest BCUT2D eigenvalue weighted by Gasteiger charge is -2.07. The van der Waals surface area contributed by atoms with Gasteiger partial charge in [0.05, 0.1) is 13.4 Å². The third kappa shape index (κ3) is 6.77. The molecular weight excluding hydrogens is 310 g/mol. The minimum absolute atomic E-state index is 0.855. The van der Waals surface area contributed by atoms with Gasteiger partial charge in [0.2, 0.25) is 0 Å². The van der Waals surface area contributed by atoms with Gasteiger partial charge in [0.1, 0.15) is 11.3 Å². The van der Waals surface area contributed by atoms with E-state index in [4.69, 9.17) is 14.8 Å². The molecule has 136 valence electrons. The number of hydrogen-bond donors (Lipinski definition) is 1. The fourth-order valence-corrected chi connectivity index (χ4v) is 3.17. The molecule has 0 spiro atoms. The largest absolute Gasteiger partial charge is 0.516 e. The number of ether oxygens (including phenoxy) is 1. The Morgan fingerprint density at radius 3 is 2.36 bits per heavy atom. The van der Waals surface area contributed by atoms with Gasteiger partial charge in [-0.1, -0.05) is 62.8 Å². The van der Waals surface area contributed by atoms with Gasteiger partial charge in [-0.15, -0.1) is 0 Å². The quantitative estimate of drug-likeness (QED) is 0.360. The zero-order valence-corrected chi connectivity index (χ0v) is 15.4. The average molecular weight is 341 g/mol. The first kappa shape index (κ1) is 19.3. The molecule has 25 heavy (non-hydrogen) atoms. The van der Waals surface area contributed by atoms with Crippen LogP contribution in [0.25, 0.3) is 10.9 Å². The maximum Gasteiger partial charge on any atom is 0.145 e. The van der Waals surface area contributed by atoms with Crippen LogP contribution in [0.2, 0.25) is 0 Å². The van der Waals surface area contributed by atoms with E-state index in [1.165, 1.54) is 51.4 Å². The molecule has 0 unspecified atom stereocenters. The van der Waals surface area contributed by atoms with Crippen molar-refractivity contribution in [1.29, 1.82) is 0 Å². The lowest BCUT2D eigenvalue weighted by molar-refractivity contribution is 0.419. The summed E-state index contributed by atoms with van der Waals surface area (Å²) in [5.41, 5.74) is 2.13. The molecule has 0 bridgehead atoms. The van der Waals surface area contributed by atoms with E-state index in [2.05, 4.69) is 18.2 Å². The number of nitrogens with zero attached hydrogens (tertiary/aromatic N) is 1. The molecule has 2 rings (SSSR count). The van der Waals surface area contributed by atoms with Crippen LogP contribution in [0.15, 0.2) is 42.7 Å². The van der Waals surface area contributed by atoms with Gasteiger partial charge in [-0.25, -0.2) is 4.98 Å². The van der Waals surface area contributed by atoms with Crippen LogP contribution < -0.4 is 4.74 Å². The van der Waals surface area contributed by atoms with Crippen molar-refractivity contribution in [2.45, 2.75) is 64.2 Å².